The first-order valence-electron chi connectivity index (χ1n) is 5.98. The van der Waals surface area contributed by atoms with Crippen molar-refractivity contribution in [2.45, 2.75) is 26.1 Å². The van der Waals surface area contributed by atoms with Gasteiger partial charge in [0.2, 0.25) is 0 Å². The summed E-state index contributed by atoms with van der Waals surface area (Å²) in [7, 11) is 0. The number of rotatable bonds is 7. The molecule has 1 rings (SSSR count). The van der Waals surface area contributed by atoms with Gasteiger partial charge in [-0.25, -0.2) is 0 Å². The fourth-order valence-electron chi connectivity index (χ4n) is 1.53. The van der Waals surface area contributed by atoms with Crippen molar-refractivity contribution >= 4 is 5.78 Å². The van der Waals surface area contributed by atoms with Gasteiger partial charge in [0.1, 0.15) is 11.5 Å². The maximum atomic E-state index is 11.9. The molecule has 0 heterocycles. The average Bonchev–Trinajstić information content (AvgIpc) is 2.30. The Morgan fingerprint density at radius 1 is 1.26 bits per heavy atom. The van der Waals surface area contributed by atoms with E-state index in [0.29, 0.717) is 18.5 Å². The minimum absolute atomic E-state index is 0.0467. The highest BCUT2D eigenvalue weighted by atomic mass is 19.4. The second-order valence-electron chi connectivity index (χ2n) is 4.01. The van der Waals surface area contributed by atoms with Crippen LogP contribution in [0.4, 0.5) is 13.2 Å². The van der Waals surface area contributed by atoms with E-state index in [0.717, 1.165) is 6.54 Å². The fourth-order valence-corrected chi connectivity index (χ4v) is 1.53. The van der Waals surface area contributed by atoms with Crippen LogP contribution in [0.15, 0.2) is 24.3 Å². The lowest BCUT2D eigenvalue weighted by Crippen LogP contribution is -2.18. The molecule has 0 amide bonds. The van der Waals surface area contributed by atoms with Gasteiger partial charge < -0.3 is 10.1 Å². The molecule has 0 unspecified atom stereocenters. The van der Waals surface area contributed by atoms with E-state index in [9.17, 15) is 18.0 Å². The van der Waals surface area contributed by atoms with Gasteiger partial charge in [0.25, 0.3) is 0 Å². The van der Waals surface area contributed by atoms with E-state index < -0.39 is 6.36 Å². The van der Waals surface area contributed by atoms with E-state index in [4.69, 9.17) is 0 Å². The summed E-state index contributed by atoms with van der Waals surface area (Å²) in [6.45, 7) is 3.37. The molecule has 0 saturated heterocycles. The minimum atomic E-state index is -4.69. The maximum absolute atomic E-state index is 11.9. The monoisotopic (exact) mass is 275 g/mol. The quantitative estimate of drug-likeness (QED) is 0.778. The number of carbonyl (C=O) groups is 1. The molecule has 0 fully saturated rings. The number of hydrogen-bond donors (Lipinski definition) is 1. The summed E-state index contributed by atoms with van der Waals surface area (Å²) >= 11 is 0. The molecule has 0 saturated carbocycles. The Hall–Kier alpha value is -1.56. The van der Waals surface area contributed by atoms with Crippen LogP contribution in [-0.4, -0.2) is 25.2 Å². The Morgan fingerprint density at radius 3 is 2.42 bits per heavy atom. The fraction of sp³-hybridized carbons (Fsp3) is 0.462. The highest BCUT2D eigenvalue weighted by Gasteiger charge is 2.30. The first-order valence-corrected chi connectivity index (χ1v) is 5.98. The van der Waals surface area contributed by atoms with Gasteiger partial charge in [0, 0.05) is 19.4 Å². The van der Waals surface area contributed by atoms with Gasteiger partial charge in [0.15, 0.2) is 0 Å². The van der Waals surface area contributed by atoms with E-state index >= 15 is 0 Å². The number of halogens is 3. The molecular weight excluding hydrogens is 259 g/mol. The minimum Gasteiger partial charge on any atom is -0.406 e. The molecule has 1 aromatic carbocycles. The molecule has 0 aliphatic rings. The molecule has 106 valence electrons. The molecule has 0 bridgehead atoms. The Kier molecular flexibility index (Phi) is 5.82. The highest BCUT2D eigenvalue weighted by Crippen LogP contribution is 2.22. The molecule has 0 atom stereocenters. The zero-order valence-corrected chi connectivity index (χ0v) is 10.6. The lowest BCUT2D eigenvalue weighted by molar-refractivity contribution is -0.274. The van der Waals surface area contributed by atoms with Crippen LogP contribution in [0.1, 0.15) is 18.9 Å². The number of Topliss-reactive ketones (excluding diaryl/α,β-unsaturated/α-hetero) is 1. The van der Waals surface area contributed by atoms with Crippen LogP contribution in [0.3, 0.4) is 0 Å². The largest absolute Gasteiger partial charge is 0.573 e. The molecule has 0 radical (unpaired) electrons. The Balaban J connectivity index is 2.46. The zero-order chi connectivity index (χ0) is 14.3. The standard InChI is InChI=1S/C13H16F3NO2/c1-2-17-8-7-11(18)9-10-3-5-12(6-4-10)19-13(14,15)16/h3-6,17H,2,7-9H2,1H3. The molecule has 0 aliphatic heterocycles. The summed E-state index contributed by atoms with van der Waals surface area (Å²) < 4.78 is 39.6. The third kappa shape index (κ3) is 6.81. The van der Waals surface area contributed by atoms with Gasteiger partial charge in [-0.3, -0.25) is 4.79 Å². The molecule has 0 spiro atoms. The summed E-state index contributed by atoms with van der Waals surface area (Å²) in [4.78, 5) is 11.5. The van der Waals surface area contributed by atoms with Gasteiger partial charge >= 0.3 is 6.36 Å². The third-order valence-corrected chi connectivity index (χ3v) is 2.39. The molecule has 1 aromatic rings. The van der Waals surface area contributed by atoms with Gasteiger partial charge in [-0.05, 0) is 24.2 Å². The number of carbonyl (C=O) groups excluding carboxylic acids is 1. The molecule has 1 N–H and O–H groups in total. The number of alkyl halides is 3. The smallest absolute Gasteiger partial charge is 0.406 e. The predicted octanol–water partition coefficient (Wildman–Crippen LogP) is 2.70. The molecule has 19 heavy (non-hydrogen) atoms. The Bertz CT molecular complexity index is 401. The van der Waals surface area contributed by atoms with Crippen LogP contribution in [0, 0.1) is 0 Å². The first-order chi connectivity index (χ1) is 8.90. The topological polar surface area (TPSA) is 38.3 Å². The predicted molar refractivity (Wildman–Crippen MR) is 65.0 cm³/mol. The number of nitrogens with one attached hydrogen (secondary N) is 1. The molecule has 6 heteroatoms. The number of ketones is 1. The summed E-state index contributed by atoms with van der Waals surface area (Å²) in [6, 6.07) is 5.35. The molecule has 0 aliphatic carbocycles. The molecule has 0 aromatic heterocycles. The van der Waals surface area contributed by atoms with E-state index in [2.05, 4.69) is 10.1 Å². The van der Waals surface area contributed by atoms with E-state index in [1.54, 1.807) is 0 Å². The van der Waals surface area contributed by atoms with Crippen LogP contribution < -0.4 is 10.1 Å². The second-order valence-corrected chi connectivity index (χ2v) is 4.01. The van der Waals surface area contributed by atoms with Crippen molar-refractivity contribution in [2.24, 2.45) is 0 Å². The molecular formula is C13H16F3NO2. The Morgan fingerprint density at radius 2 is 1.89 bits per heavy atom. The number of benzene rings is 1. The lowest BCUT2D eigenvalue weighted by Gasteiger charge is -2.09. The summed E-state index contributed by atoms with van der Waals surface area (Å²) in [5, 5.41) is 3.03. The van der Waals surface area contributed by atoms with Crippen molar-refractivity contribution in [1.82, 2.24) is 5.32 Å². The lowest BCUT2D eigenvalue weighted by atomic mass is 10.1. The SMILES string of the molecule is CCNCCC(=O)Cc1ccc(OC(F)(F)F)cc1. The van der Waals surface area contributed by atoms with Crippen molar-refractivity contribution in [3.63, 3.8) is 0 Å². The van der Waals surface area contributed by atoms with Crippen molar-refractivity contribution in [3.8, 4) is 5.75 Å². The summed E-state index contributed by atoms with van der Waals surface area (Å²) in [6.07, 6.45) is -4.06. The summed E-state index contributed by atoms with van der Waals surface area (Å²) in [5.41, 5.74) is 0.677. The van der Waals surface area contributed by atoms with Crippen LogP contribution in [-0.2, 0) is 11.2 Å². The van der Waals surface area contributed by atoms with Crippen molar-refractivity contribution in [3.05, 3.63) is 29.8 Å². The average molecular weight is 275 g/mol. The maximum Gasteiger partial charge on any atom is 0.573 e. The third-order valence-electron chi connectivity index (χ3n) is 2.39. The normalized spacial score (nSPS) is 11.4. The van der Waals surface area contributed by atoms with Crippen LogP contribution in [0.25, 0.3) is 0 Å². The van der Waals surface area contributed by atoms with E-state index in [1.165, 1.54) is 24.3 Å². The van der Waals surface area contributed by atoms with Crippen molar-refractivity contribution in [2.75, 3.05) is 13.1 Å². The van der Waals surface area contributed by atoms with E-state index in [1.807, 2.05) is 6.92 Å². The molecule has 3 nitrogen and oxygen atoms in total. The van der Waals surface area contributed by atoms with Crippen LogP contribution in [0.2, 0.25) is 0 Å². The Labute approximate surface area is 109 Å². The van der Waals surface area contributed by atoms with Crippen molar-refractivity contribution < 1.29 is 22.7 Å². The van der Waals surface area contributed by atoms with Gasteiger partial charge in [0.05, 0.1) is 0 Å². The van der Waals surface area contributed by atoms with Gasteiger partial charge in [-0.15, -0.1) is 13.2 Å². The van der Waals surface area contributed by atoms with Crippen LogP contribution in [0.5, 0.6) is 5.75 Å². The second kappa shape index (κ2) is 7.13. The van der Waals surface area contributed by atoms with Gasteiger partial charge in [-0.2, -0.15) is 0 Å². The first kappa shape index (κ1) is 15.5. The highest BCUT2D eigenvalue weighted by molar-refractivity contribution is 5.81. The number of hydrogen-bond acceptors (Lipinski definition) is 3. The zero-order valence-electron chi connectivity index (χ0n) is 10.6. The van der Waals surface area contributed by atoms with Crippen molar-refractivity contribution in [1.29, 1.82) is 0 Å². The van der Waals surface area contributed by atoms with E-state index in [-0.39, 0.29) is 18.0 Å². The van der Waals surface area contributed by atoms with Gasteiger partial charge in [-0.1, -0.05) is 19.1 Å². The summed E-state index contributed by atoms with van der Waals surface area (Å²) in [5.74, 6) is -0.234. The number of ether oxygens (including phenoxy) is 1. The van der Waals surface area contributed by atoms with Crippen LogP contribution >= 0.6 is 0 Å².